The highest BCUT2D eigenvalue weighted by atomic mass is 19.3. The second-order valence-electron chi connectivity index (χ2n) is 3.11. The first kappa shape index (κ1) is 14.3. The molecule has 0 fully saturated rings. The molecule has 0 aliphatic heterocycles. The minimum Gasteiger partial charge on any atom is -0.465 e. The average molecular weight is 272 g/mol. The fourth-order valence-corrected chi connectivity index (χ4v) is 1.31. The number of carbonyl (C=O) groups excluding carboxylic acids is 1. The molecule has 100 valence electrons. The second kappa shape index (κ2) is 5.72. The van der Waals surface area contributed by atoms with Gasteiger partial charge in [-0.05, 0) is 6.07 Å². The van der Waals surface area contributed by atoms with Gasteiger partial charge in [0.15, 0.2) is 0 Å². The molecular weight excluding hydrogens is 266 g/mol. The number of rotatable bonds is 4. The summed E-state index contributed by atoms with van der Waals surface area (Å²) in [4.78, 5) is 21.1. The van der Waals surface area contributed by atoms with Crippen molar-refractivity contribution in [3.8, 4) is 11.8 Å². The Morgan fingerprint density at radius 2 is 2.16 bits per heavy atom. The summed E-state index contributed by atoms with van der Waals surface area (Å²) < 4.78 is 32.6. The highest BCUT2D eigenvalue weighted by Crippen LogP contribution is 2.34. The number of nitro benzene ring substituents is 1. The molecule has 0 saturated heterocycles. The quantitative estimate of drug-likeness (QED) is 0.470. The zero-order valence-corrected chi connectivity index (χ0v) is 9.42. The van der Waals surface area contributed by atoms with E-state index in [0.717, 1.165) is 19.2 Å². The standard InChI is InChI=1S/C10H6F2N2O5/c1-18-9(15)6-2-5(4-13)3-7(19-10(11)12)8(6)14(16)17/h2-3,10H,1H3. The van der Waals surface area contributed by atoms with Crippen LogP contribution in [0, 0.1) is 21.4 Å². The molecule has 0 unspecified atom stereocenters. The van der Waals surface area contributed by atoms with Crippen LogP contribution < -0.4 is 4.74 Å². The number of carbonyl (C=O) groups is 1. The summed E-state index contributed by atoms with van der Waals surface area (Å²) in [6, 6.07) is 3.18. The highest BCUT2D eigenvalue weighted by molar-refractivity contribution is 5.95. The van der Waals surface area contributed by atoms with E-state index >= 15 is 0 Å². The molecule has 19 heavy (non-hydrogen) atoms. The molecule has 0 amide bonds. The van der Waals surface area contributed by atoms with E-state index in [0.29, 0.717) is 0 Å². The van der Waals surface area contributed by atoms with Crippen molar-refractivity contribution in [3.05, 3.63) is 33.4 Å². The number of hydrogen-bond acceptors (Lipinski definition) is 6. The van der Waals surface area contributed by atoms with E-state index in [-0.39, 0.29) is 5.56 Å². The summed E-state index contributed by atoms with van der Waals surface area (Å²) in [5.41, 5.74) is -1.87. The lowest BCUT2D eigenvalue weighted by molar-refractivity contribution is -0.386. The van der Waals surface area contributed by atoms with E-state index in [1.54, 1.807) is 6.07 Å². The molecule has 7 nitrogen and oxygen atoms in total. The molecule has 0 heterocycles. The number of esters is 1. The monoisotopic (exact) mass is 272 g/mol. The van der Waals surface area contributed by atoms with Crippen LogP contribution in [0.4, 0.5) is 14.5 Å². The van der Waals surface area contributed by atoms with Crippen LogP contribution in [0.2, 0.25) is 0 Å². The molecule has 0 N–H and O–H groups in total. The van der Waals surface area contributed by atoms with Crippen LogP contribution in [0.3, 0.4) is 0 Å². The zero-order valence-electron chi connectivity index (χ0n) is 9.42. The van der Waals surface area contributed by atoms with Crippen molar-refractivity contribution in [2.45, 2.75) is 6.61 Å². The van der Waals surface area contributed by atoms with Gasteiger partial charge in [0.25, 0.3) is 0 Å². The van der Waals surface area contributed by atoms with Crippen molar-refractivity contribution in [1.82, 2.24) is 0 Å². The Labute approximate surface area is 105 Å². The van der Waals surface area contributed by atoms with Gasteiger partial charge in [0.2, 0.25) is 5.75 Å². The van der Waals surface area contributed by atoms with Crippen molar-refractivity contribution in [2.75, 3.05) is 7.11 Å². The molecule has 0 radical (unpaired) electrons. The predicted molar refractivity (Wildman–Crippen MR) is 55.8 cm³/mol. The lowest BCUT2D eigenvalue weighted by Crippen LogP contribution is -2.10. The molecule has 1 rings (SSSR count). The smallest absolute Gasteiger partial charge is 0.387 e. The molecule has 9 heteroatoms. The van der Waals surface area contributed by atoms with Gasteiger partial charge in [0.05, 0.1) is 23.7 Å². The number of methoxy groups -OCH3 is 1. The normalized spacial score (nSPS) is 9.84. The molecule has 1 aromatic carbocycles. The van der Waals surface area contributed by atoms with Crippen molar-refractivity contribution < 1.29 is 28.0 Å². The molecular formula is C10H6F2N2O5. The third kappa shape index (κ3) is 3.12. The Balaban J connectivity index is 3.56. The van der Waals surface area contributed by atoms with Crippen LogP contribution in [0.5, 0.6) is 5.75 Å². The Hall–Kier alpha value is -2.76. The Bertz CT molecular complexity index is 568. The van der Waals surface area contributed by atoms with Gasteiger partial charge in [-0.2, -0.15) is 14.0 Å². The molecule has 0 bridgehead atoms. The van der Waals surface area contributed by atoms with Gasteiger partial charge in [-0.25, -0.2) is 4.79 Å². The number of nitriles is 1. The largest absolute Gasteiger partial charge is 0.465 e. The summed E-state index contributed by atoms with van der Waals surface area (Å²) in [5, 5.41) is 19.5. The van der Waals surface area contributed by atoms with Gasteiger partial charge < -0.3 is 9.47 Å². The number of hydrogen-bond donors (Lipinski definition) is 0. The van der Waals surface area contributed by atoms with E-state index in [2.05, 4.69) is 9.47 Å². The van der Waals surface area contributed by atoms with Crippen molar-refractivity contribution in [3.63, 3.8) is 0 Å². The molecule has 0 spiro atoms. The van der Waals surface area contributed by atoms with E-state index in [1.165, 1.54) is 0 Å². The van der Waals surface area contributed by atoms with Crippen LogP contribution in [-0.2, 0) is 4.74 Å². The molecule has 0 aliphatic rings. The molecule has 1 aromatic rings. The van der Waals surface area contributed by atoms with Crippen LogP contribution in [0.25, 0.3) is 0 Å². The minimum atomic E-state index is -3.34. The van der Waals surface area contributed by atoms with E-state index < -0.39 is 34.5 Å². The number of halogens is 2. The van der Waals surface area contributed by atoms with Gasteiger partial charge in [0, 0.05) is 6.07 Å². The number of alkyl halides is 2. The zero-order chi connectivity index (χ0) is 14.6. The van der Waals surface area contributed by atoms with Crippen LogP contribution in [0.15, 0.2) is 12.1 Å². The summed E-state index contributed by atoms with van der Waals surface area (Å²) in [6.07, 6.45) is 0. The SMILES string of the molecule is COC(=O)c1cc(C#N)cc(OC(F)F)c1[N+](=O)[O-]. The van der Waals surface area contributed by atoms with Crippen LogP contribution in [-0.4, -0.2) is 24.6 Å². The predicted octanol–water partition coefficient (Wildman–Crippen LogP) is 1.85. The molecule has 0 aliphatic carbocycles. The Kier molecular flexibility index (Phi) is 4.31. The summed E-state index contributed by atoms with van der Waals surface area (Å²) in [7, 11) is 0.957. The van der Waals surface area contributed by atoms with Crippen molar-refractivity contribution in [2.24, 2.45) is 0 Å². The lowest BCUT2D eigenvalue weighted by Gasteiger charge is -2.08. The van der Waals surface area contributed by atoms with Crippen LogP contribution in [0.1, 0.15) is 15.9 Å². The van der Waals surface area contributed by atoms with E-state index in [1.807, 2.05) is 0 Å². The van der Waals surface area contributed by atoms with Gasteiger partial charge in [-0.15, -0.1) is 0 Å². The van der Waals surface area contributed by atoms with E-state index in [4.69, 9.17) is 5.26 Å². The molecule has 0 aromatic heterocycles. The molecule has 0 atom stereocenters. The first-order valence-corrected chi connectivity index (χ1v) is 4.66. The van der Waals surface area contributed by atoms with Gasteiger partial charge in [-0.3, -0.25) is 10.1 Å². The first-order valence-electron chi connectivity index (χ1n) is 4.66. The number of ether oxygens (including phenoxy) is 2. The van der Waals surface area contributed by atoms with E-state index in [9.17, 15) is 23.7 Å². The maximum absolute atomic E-state index is 12.2. The highest BCUT2D eigenvalue weighted by Gasteiger charge is 2.29. The fourth-order valence-electron chi connectivity index (χ4n) is 1.31. The summed E-state index contributed by atoms with van der Waals surface area (Å²) in [6.45, 7) is -3.34. The Morgan fingerprint density at radius 3 is 2.58 bits per heavy atom. The topological polar surface area (TPSA) is 102 Å². The number of nitro groups is 1. The maximum Gasteiger partial charge on any atom is 0.387 e. The third-order valence-corrected chi connectivity index (χ3v) is 2.01. The van der Waals surface area contributed by atoms with Crippen molar-refractivity contribution >= 4 is 11.7 Å². The summed E-state index contributed by atoms with van der Waals surface area (Å²) in [5.74, 6) is -2.01. The number of benzene rings is 1. The first-order chi connectivity index (χ1) is 8.90. The van der Waals surface area contributed by atoms with Crippen LogP contribution >= 0.6 is 0 Å². The number of nitrogens with zero attached hydrogens (tertiary/aromatic N) is 2. The van der Waals surface area contributed by atoms with Gasteiger partial charge >= 0.3 is 18.3 Å². The second-order valence-corrected chi connectivity index (χ2v) is 3.11. The van der Waals surface area contributed by atoms with Crippen molar-refractivity contribution in [1.29, 1.82) is 5.26 Å². The lowest BCUT2D eigenvalue weighted by atomic mass is 10.1. The maximum atomic E-state index is 12.2. The summed E-state index contributed by atoms with van der Waals surface area (Å²) >= 11 is 0. The minimum absolute atomic E-state index is 0.248. The molecule has 0 saturated carbocycles. The average Bonchev–Trinajstić information content (AvgIpc) is 2.35. The fraction of sp³-hybridized carbons (Fsp3) is 0.200. The van der Waals surface area contributed by atoms with Gasteiger partial charge in [0.1, 0.15) is 5.56 Å². The Morgan fingerprint density at radius 1 is 1.53 bits per heavy atom. The third-order valence-electron chi connectivity index (χ3n) is 2.01. The van der Waals surface area contributed by atoms with Gasteiger partial charge in [-0.1, -0.05) is 0 Å².